The molecule has 1 amide bonds. The van der Waals surface area contributed by atoms with Gasteiger partial charge in [0.15, 0.2) is 5.76 Å². The van der Waals surface area contributed by atoms with E-state index in [4.69, 9.17) is 20.8 Å². The van der Waals surface area contributed by atoms with Crippen LogP contribution < -0.4 is 15.4 Å². The summed E-state index contributed by atoms with van der Waals surface area (Å²) in [5.41, 5.74) is -0.374. The van der Waals surface area contributed by atoms with Crippen molar-refractivity contribution in [3.63, 3.8) is 0 Å². The first-order chi connectivity index (χ1) is 18.2. The highest BCUT2D eigenvalue weighted by molar-refractivity contribution is 6.31. The maximum Gasteiger partial charge on any atom is 0.433 e. The van der Waals surface area contributed by atoms with E-state index in [9.17, 15) is 18.0 Å². The Bertz CT molecular complexity index is 1420. The molecule has 0 atom stereocenters. The van der Waals surface area contributed by atoms with E-state index in [1.54, 1.807) is 36.5 Å². The maximum absolute atomic E-state index is 13.4. The lowest BCUT2D eigenvalue weighted by atomic mass is 9.86. The number of carbonyl (C=O) groups is 1. The van der Waals surface area contributed by atoms with Gasteiger partial charge >= 0.3 is 6.18 Å². The van der Waals surface area contributed by atoms with Crippen molar-refractivity contribution >= 4 is 34.1 Å². The first kappa shape index (κ1) is 25.8. The average Bonchev–Trinajstić information content (AvgIpc) is 3.37. The van der Waals surface area contributed by atoms with Gasteiger partial charge in [-0.3, -0.25) is 9.78 Å². The zero-order chi connectivity index (χ0) is 26.7. The Labute approximate surface area is 221 Å². The monoisotopic (exact) mass is 544 g/mol. The van der Waals surface area contributed by atoms with Gasteiger partial charge in [0.2, 0.25) is 0 Å². The van der Waals surface area contributed by atoms with Crippen LogP contribution in [0.3, 0.4) is 0 Å². The van der Waals surface area contributed by atoms with Crippen molar-refractivity contribution < 1.29 is 27.1 Å². The molecule has 0 unspecified atom stereocenters. The molecular weight excluding hydrogens is 521 g/mol. The van der Waals surface area contributed by atoms with Crippen LogP contribution in [0.4, 0.5) is 18.9 Å². The summed E-state index contributed by atoms with van der Waals surface area (Å²) in [4.78, 5) is 20.4. The third-order valence-corrected chi connectivity index (χ3v) is 6.72. The number of nitrogens with one attached hydrogen (secondary N) is 2. The van der Waals surface area contributed by atoms with E-state index >= 15 is 0 Å². The molecule has 11 heteroatoms. The zero-order valence-electron chi connectivity index (χ0n) is 20.1. The third-order valence-electron chi connectivity index (χ3n) is 6.48. The van der Waals surface area contributed by atoms with Gasteiger partial charge in [0, 0.05) is 40.9 Å². The molecular formula is C27H24ClF3N4O3. The van der Waals surface area contributed by atoms with Crippen LogP contribution in [-0.4, -0.2) is 28.5 Å². The van der Waals surface area contributed by atoms with Crippen molar-refractivity contribution in [2.75, 3.05) is 11.9 Å². The van der Waals surface area contributed by atoms with Crippen molar-refractivity contribution in [3.8, 4) is 11.7 Å². The van der Waals surface area contributed by atoms with Crippen LogP contribution in [0, 0.1) is 5.92 Å². The van der Waals surface area contributed by atoms with Crippen molar-refractivity contribution in [1.29, 1.82) is 0 Å². The van der Waals surface area contributed by atoms with Gasteiger partial charge in [0.25, 0.3) is 11.9 Å². The number of nitrogens with zero attached hydrogens (tertiary/aromatic N) is 2. The second kappa shape index (κ2) is 10.9. The van der Waals surface area contributed by atoms with Crippen LogP contribution in [0.1, 0.15) is 41.9 Å². The summed E-state index contributed by atoms with van der Waals surface area (Å²) < 4.78 is 51.2. The predicted molar refractivity (Wildman–Crippen MR) is 136 cm³/mol. The standard InChI is InChI=1S/C27H24ClF3N4O3/c28-17-5-8-21-20(12-17)22(13-24(35-21)27(29,30)31)33-14-16-3-6-18(7-4-16)34-26(36)23-9-10-25(38-23)37-19-2-1-11-32-15-19/h1-2,5,8-13,15-16,18H,3-4,6-7,14H2,(H,33,35)(H,34,36). The fourth-order valence-corrected chi connectivity index (χ4v) is 4.70. The zero-order valence-corrected chi connectivity index (χ0v) is 20.9. The fraction of sp³-hybridized carbons (Fsp3) is 0.296. The number of aromatic nitrogens is 2. The number of fused-ring (bicyclic) bond motifs is 1. The molecule has 3 heterocycles. The van der Waals surface area contributed by atoms with Crippen LogP contribution in [-0.2, 0) is 6.18 Å². The molecule has 4 aromatic rings. The van der Waals surface area contributed by atoms with Gasteiger partial charge in [-0.25, -0.2) is 4.98 Å². The summed E-state index contributed by atoms with van der Waals surface area (Å²) in [7, 11) is 0. The number of hydrogen-bond acceptors (Lipinski definition) is 6. The lowest BCUT2D eigenvalue weighted by molar-refractivity contribution is -0.140. The van der Waals surface area contributed by atoms with Crippen molar-refractivity contribution in [3.05, 3.63) is 77.4 Å². The molecule has 198 valence electrons. The molecule has 0 saturated heterocycles. The molecule has 0 spiro atoms. The van der Waals surface area contributed by atoms with Crippen molar-refractivity contribution in [1.82, 2.24) is 15.3 Å². The van der Waals surface area contributed by atoms with Gasteiger partial charge in [-0.05, 0) is 74.1 Å². The van der Waals surface area contributed by atoms with E-state index in [0.717, 1.165) is 31.7 Å². The Morgan fingerprint density at radius 2 is 1.92 bits per heavy atom. The number of pyridine rings is 2. The number of furan rings is 1. The highest BCUT2D eigenvalue weighted by Gasteiger charge is 2.33. The summed E-state index contributed by atoms with van der Waals surface area (Å²) in [5, 5.41) is 7.13. The summed E-state index contributed by atoms with van der Waals surface area (Å²) in [6.07, 6.45) is 1.71. The highest BCUT2D eigenvalue weighted by Crippen LogP contribution is 2.35. The Balaban J connectivity index is 1.15. The molecule has 0 bridgehead atoms. The molecule has 1 saturated carbocycles. The van der Waals surface area contributed by atoms with Crippen LogP contribution in [0.5, 0.6) is 11.7 Å². The van der Waals surface area contributed by atoms with Crippen molar-refractivity contribution in [2.45, 2.75) is 37.9 Å². The number of ether oxygens (including phenoxy) is 1. The molecule has 3 aromatic heterocycles. The number of hydrogen-bond donors (Lipinski definition) is 2. The lowest BCUT2D eigenvalue weighted by Crippen LogP contribution is -2.38. The minimum absolute atomic E-state index is 0.0241. The molecule has 2 N–H and O–H groups in total. The summed E-state index contributed by atoms with van der Waals surface area (Å²) in [5.74, 6) is 0.751. The predicted octanol–water partition coefficient (Wildman–Crippen LogP) is 7.09. The summed E-state index contributed by atoms with van der Waals surface area (Å²) in [6.45, 7) is 0.497. The van der Waals surface area contributed by atoms with E-state index in [0.29, 0.717) is 28.4 Å². The van der Waals surface area contributed by atoms with Gasteiger partial charge in [-0.2, -0.15) is 13.2 Å². The van der Waals surface area contributed by atoms with Gasteiger partial charge in [0.05, 0.1) is 11.7 Å². The minimum Gasteiger partial charge on any atom is -0.424 e. The lowest BCUT2D eigenvalue weighted by Gasteiger charge is -2.29. The van der Waals surface area contributed by atoms with Gasteiger partial charge in [0.1, 0.15) is 11.4 Å². The number of halogens is 4. The van der Waals surface area contributed by atoms with E-state index in [-0.39, 0.29) is 35.1 Å². The van der Waals surface area contributed by atoms with Gasteiger partial charge in [-0.1, -0.05) is 11.6 Å². The molecule has 7 nitrogen and oxygen atoms in total. The van der Waals surface area contributed by atoms with Gasteiger partial charge in [-0.15, -0.1) is 0 Å². The second-order valence-corrected chi connectivity index (χ2v) is 9.63. The number of alkyl halides is 3. The minimum atomic E-state index is -4.56. The number of anilines is 1. The van der Waals surface area contributed by atoms with Crippen LogP contribution >= 0.6 is 11.6 Å². The summed E-state index contributed by atoms with van der Waals surface area (Å²) >= 11 is 6.08. The third kappa shape index (κ3) is 6.19. The molecule has 1 aromatic carbocycles. The largest absolute Gasteiger partial charge is 0.433 e. The van der Waals surface area contributed by atoms with Crippen LogP contribution in [0.25, 0.3) is 10.9 Å². The van der Waals surface area contributed by atoms with Crippen molar-refractivity contribution in [2.24, 2.45) is 5.92 Å². The van der Waals surface area contributed by atoms with E-state index in [2.05, 4.69) is 20.6 Å². The molecule has 0 radical (unpaired) electrons. The van der Waals surface area contributed by atoms with E-state index in [1.165, 1.54) is 18.3 Å². The number of benzene rings is 1. The quantitative estimate of drug-likeness (QED) is 0.258. The number of rotatable bonds is 7. The molecule has 5 rings (SSSR count). The molecule has 38 heavy (non-hydrogen) atoms. The van der Waals surface area contributed by atoms with Crippen LogP contribution in [0.2, 0.25) is 5.02 Å². The van der Waals surface area contributed by atoms with E-state index in [1.807, 2.05) is 0 Å². The summed E-state index contributed by atoms with van der Waals surface area (Å²) in [6, 6.07) is 12.2. The first-order valence-corrected chi connectivity index (χ1v) is 12.5. The van der Waals surface area contributed by atoms with Crippen LogP contribution in [0.15, 0.2) is 65.3 Å². The fourth-order valence-electron chi connectivity index (χ4n) is 4.53. The molecule has 0 aliphatic heterocycles. The SMILES string of the molecule is O=C(NC1CCC(CNc2cc(C(F)(F)F)nc3ccc(Cl)cc23)CC1)c1ccc(Oc2cccnc2)o1. The molecule has 1 aliphatic carbocycles. The maximum atomic E-state index is 13.4. The Kier molecular flexibility index (Phi) is 7.42. The highest BCUT2D eigenvalue weighted by atomic mass is 35.5. The van der Waals surface area contributed by atoms with Gasteiger partial charge < -0.3 is 19.8 Å². The second-order valence-electron chi connectivity index (χ2n) is 9.20. The Morgan fingerprint density at radius 3 is 2.66 bits per heavy atom. The normalized spacial score (nSPS) is 17.8. The topological polar surface area (TPSA) is 89.3 Å². The Hall–Kier alpha value is -3.79. The smallest absolute Gasteiger partial charge is 0.424 e. The Morgan fingerprint density at radius 1 is 1.11 bits per heavy atom. The first-order valence-electron chi connectivity index (χ1n) is 12.1. The van der Waals surface area contributed by atoms with E-state index < -0.39 is 11.9 Å². The molecule has 1 fully saturated rings. The molecule has 1 aliphatic rings. The number of carbonyl (C=O) groups excluding carboxylic acids is 1. The average molecular weight is 545 g/mol. The number of amides is 1.